The fraction of sp³-hybridized carbons (Fsp3) is 0.0909. The molecule has 0 atom stereocenters. The van der Waals surface area contributed by atoms with E-state index in [-0.39, 0.29) is 5.69 Å². The third-order valence-corrected chi connectivity index (χ3v) is 2.42. The SMILES string of the molecule is O=[N+]([O-])c1cc(Cl)ccc1NCc1ccco1. The number of nitrogens with one attached hydrogen (secondary N) is 1. The molecule has 0 aliphatic carbocycles. The normalized spacial score (nSPS) is 10.2. The largest absolute Gasteiger partial charge is 0.467 e. The molecule has 1 N–H and O–H groups in total. The number of furan rings is 1. The van der Waals surface area contributed by atoms with Crippen LogP contribution in [0.25, 0.3) is 0 Å². The third-order valence-electron chi connectivity index (χ3n) is 2.19. The minimum absolute atomic E-state index is 0.0518. The molecular weight excluding hydrogens is 244 g/mol. The molecule has 6 heteroatoms. The summed E-state index contributed by atoms with van der Waals surface area (Å²) in [6.07, 6.45) is 1.55. The van der Waals surface area contributed by atoms with Gasteiger partial charge in [-0.15, -0.1) is 0 Å². The van der Waals surface area contributed by atoms with E-state index in [1.54, 1.807) is 30.5 Å². The first-order valence-electron chi connectivity index (χ1n) is 4.87. The zero-order valence-corrected chi connectivity index (χ0v) is 9.48. The fourth-order valence-electron chi connectivity index (χ4n) is 1.40. The predicted octanol–water partition coefficient (Wildman–Crippen LogP) is 3.45. The number of nitro groups is 1. The molecule has 1 heterocycles. The number of benzene rings is 1. The van der Waals surface area contributed by atoms with E-state index in [2.05, 4.69) is 5.32 Å². The molecule has 1 aromatic carbocycles. The summed E-state index contributed by atoms with van der Waals surface area (Å²) in [5, 5.41) is 14.1. The predicted molar refractivity (Wildman–Crippen MR) is 64.1 cm³/mol. The van der Waals surface area contributed by atoms with Gasteiger partial charge >= 0.3 is 0 Å². The second-order valence-corrected chi connectivity index (χ2v) is 3.79. The van der Waals surface area contributed by atoms with E-state index in [0.717, 1.165) is 0 Å². The quantitative estimate of drug-likeness (QED) is 0.668. The minimum Gasteiger partial charge on any atom is -0.467 e. The van der Waals surface area contributed by atoms with Crippen molar-refractivity contribution in [2.75, 3.05) is 5.32 Å². The molecule has 1 aromatic heterocycles. The van der Waals surface area contributed by atoms with Gasteiger partial charge in [-0.05, 0) is 24.3 Å². The van der Waals surface area contributed by atoms with Gasteiger partial charge in [-0.25, -0.2) is 0 Å². The van der Waals surface area contributed by atoms with Crippen LogP contribution in [0.1, 0.15) is 5.76 Å². The molecule has 0 aliphatic heterocycles. The van der Waals surface area contributed by atoms with E-state index in [1.807, 2.05) is 0 Å². The highest BCUT2D eigenvalue weighted by Crippen LogP contribution is 2.28. The van der Waals surface area contributed by atoms with Gasteiger partial charge in [0, 0.05) is 11.1 Å². The van der Waals surface area contributed by atoms with Crippen molar-refractivity contribution in [3.8, 4) is 0 Å². The molecule has 2 aromatic rings. The molecule has 0 unspecified atom stereocenters. The number of nitro benzene ring substituents is 1. The summed E-state index contributed by atoms with van der Waals surface area (Å²) < 4.78 is 5.12. The molecule has 0 spiro atoms. The van der Waals surface area contributed by atoms with Crippen LogP contribution in [0.4, 0.5) is 11.4 Å². The number of hydrogen-bond donors (Lipinski definition) is 1. The van der Waals surface area contributed by atoms with E-state index in [9.17, 15) is 10.1 Å². The standard InChI is InChI=1S/C11H9ClN2O3/c12-8-3-4-10(11(6-8)14(15)16)13-7-9-2-1-5-17-9/h1-6,13H,7H2. The van der Waals surface area contributed by atoms with Crippen LogP contribution in [-0.2, 0) is 6.54 Å². The Hall–Kier alpha value is -2.01. The van der Waals surface area contributed by atoms with E-state index < -0.39 is 4.92 Å². The Kier molecular flexibility index (Phi) is 3.30. The average Bonchev–Trinajstić information content (AvgIpc) is 2.80. The summed E-state index contributed by atoms with van der Waals surface area (Å²) in [7, 11) is 0. The van der Waals surface area contributed by atoms with Gasteiger partial charge in [-0.3, -0.25) is 10.1 Å². The topological polar surface area (TPSA) is 68.3 Å². The van der Waals surface area contributed by atoms with Crippen molar-refractivity contribution < 1.29 is 9.34 Å². The van der Waals surface area contributed by atoms with Crippen LogP contribution in [0.5, 0.6) is 0 Å². The zero-order valence-electron chi connectivity index (χ0n) is 8.72. The lowest BCUT2D eigenvalue weighted by molar-refractivity contribution is -0.383. The molecule has 5 nitrogen and oxygen atoms in total. The van der Waals surface area contributed by atoms with Crippen molar-refractivity contribution in [1.82, 2.24) is 0 Å². The Morgan fingerprint density at radius 3 is 2.88 bits per heavy atom. The molecule has 0 radical (unpaired) electrons. The molecule has 2 rings (SSSR count). The number of nitrogens with zero attached hydrogens (tertiary/aromatic N) is 1. The summed E-state index contributed by atoms with van der Waals surface area (Å²) >= 11 is 5.71. The van der Waals surface area contributed by atoms with Gasteiger partial charge in [0.2, 0.25) is 0 Å². The highest BCUT2D eigenvalue weighted by atomic mass is 35.5. The lowest BCUT2D eigenvalue weighted by Gasteiger charge is -2.05. The van der Waals surface area contributed by atoms with Crippen molar-refractivity contribution in [1.29, 1.82) is 0 Å². The van der Waals surface area contributed by atoms with Crippen molar-refractivity contribution in [2.45, 2.75) is 6.54 Å². The second kappa shape index (κ2) is 4.88. The molecule has 0 amide bonds. The average molecular weight is 253 g/mol. The maximum Gasteiger partial charge on any atom is 0.293 e. The van der Waals surface area contributed by atoms with Crippen LogP contribution in [0.2, 0.25) is 5.02 Å². The lowest BCUT2D eigenvalue weighted by atomic mass is 10.2. The third kappa shape index (κ3) is 2.76. The molecule has 0 aliphatic rings. The van der Waals surface area contributed by atoms with Crippen molar-refractivity contribution >= 4 is 23.0 Å². The lowest BCUT2D eigenvalue weighted by Crippen LogP contribution is -2.01. The minimum atomic E-state index is -0.476. The summed E-state index contributed by atoms with van der Waals surface area (Å²) in [4.78, 5) is 10.3. The van der Waals surface area contributed by atoms with Gasteiger partial charge in [0.05, 0.1) is 17.7 Å². The number of anilines is 1. The molecule has 0 bridgehead atoms. The van der Waals surface area contributed by atoms with Crippen molar-refractivity contribution in [3.63, 3.8) is 0 Å². The van der Waals surface area contributed by atoms with Crippen LogP contribution < -0.4 is 5.32 Å². The molecule has 17 heavy (non-hydrogen) atoms. The smallest absolute Gasteiger partial charge is 0.293 e. The van der Waals surface area contributed by atoms with E-state index in [4.69, 9.17) is 16.0 Å². The highest BCUT2D eigenvalue weighted by Gasteiger charge is 2.14. The van der Waals surface area contributed by atoms with Crippen LogP contribution in [0.15, 0.2) is 41.0 Å². The molecule has 0 fully saturated rings. The monoisotopic (exact) mass is 252 g/mol. The number of hydrogen-bond acceptors (Lipinski definition) is 4. The summed E-state index contributed by atoms with van der Waals surface area (Å²) in [5.41, 5.74) is 0.361. The van der Waals surface area contributed by atoms with Gasteiger partial charge in [0.25, 0.3) is 5.69 Å². The maximum absolute atomic E-state index is 10.8. The van der Waals surface area contributed by atoms with E-state index in [0.29, 0.717) is 23.0 Å². The van der Waals surface area contributed by atoms with E-state index in [1.165, 1.54) is 6.07 Å². The first-order valence-corrected chi connectivity index (χ1v) is 5.25. The van der Waals surface area contributed by atoms with Crippen molar-refractivity contribution in [3.05, 3.63) is 57.5 Å². The van der Waals surface area contributed by atoms with Gasteiger partial charge in [0.1, 0.15) is 11.4 Å². The Morgan fingerprint density at radius 2 is 2.24 bits per heavy atom. The fourth-order valence-corrected chi connectivity index (χ4v) is 1.57. The Labute approximate surface area is 102 Å². The summed E-state index contributed by atoms with van der Waals surface area (Å²) in [5.74, 6) is 0.703. The van der Waals surface area contributed by atoms with E-state index >= 15 is 0 Å². The number of halogens is 1. The zero-order chi connectivity index (χ0) is 12.3. The van der Waals surface area contributed by atoms with Gasteiger partial charge < -0.3 is 9.73 Å². The molecular formula is C11H9ClN2O3. The first kappa shape index (κ1) is 11.5. The maximum atomic E-state index is 10.8. The molecule has 0 saturated carbocycles. The summed E-state index contributed by atoms with van der Waals surface area (Å²) in [6.45, 7) is 0.384. The number of rotatable bonds is 4. The molecule has 0 saturated heterocycles. The first-order chi connectivity index (χ1) is 8.16. The van der Waals surface area contributed by atoms with Gasteiger partial charge in [-0.2, -0.15) is 0 Å². The van der Waals surface area contributed by atoms with Crippen LogP contribution in [0.3, 0.4) is 0 Å². The second-order valence-electron chi connectivity index (χ2n) is 3.35. The van der Waals surface area contributed by atoms with Crippen LogP contribution in [-0.4, -0.2) is 4.92 Å². The van der Waals surface area contributed by atoms with Gasteiger partial charge in [0.15, 0.2) is 0 Å². The Morgan fingerprint density at radius 1 is 1.41 bits per heavy atom. The summed E-state index contributed by atoms with van der Waals surface area (Å²) in [6, 6.07) is 8.02. The Bertz CT molecular complexity index is 526. The van der Waals surface area contributed by atoms with Crippen molar-refractivity contribution in [2.24, 2.45) is 0 Å². The highest BCUT2D eigenvalue weighted by molar-refractivity contribution is 6.30. The van der Waals surface area contributed by atoms with Crippen LogP contribution in [0, 0.1) is 10.1 Å². The van der Waals surface area contributed by atoms with Crippen LogP contribution >= 0.6 is 11.6 Å². The molecule has 88 valence electrons. The Balaban J connectivity index is 2.17. The van der Waals surface area contributed by atoms with Gasteiger partial charge in [-0.1, -0.05) is 11.6 Å².